The molecule has 0 fully saturated rings. The molecule has 0 bridgehead atoms. The van der Waals surface area contributed by atoms with Gasteiger partial charge >= 0.3 is 0 Å². The molecular formula is C11H17NO4. The van der Waals surface area contributed by atoms with Crippen molar-refractivity contribution in [2.24, 2.45) is 0 Å². The summed E-state index contributed by atoms with van der Waals surface area (Å²) in [6, 6.07) is 0. The van der Waals surface area contributed by atoms with Crippen molar-refractivity contribution >= 4 is 0 Å². The minimum absolute atomic E-state index is 0.156. The highest BCUT2D eigenvalue weighted by atomic mass is 16.6. The fourth-order valence-electron chi connectivity index (χ4n) is 1.64. The van der Waals surface area contributed by atoms with Crippen LogP contribution in [-0.4, -0.2) is 33.9 Å². The van der Waals surface area contributed by atoms with E-state index < -0.39 is 23.7 Å². The second-order valence-corrected chi connectivity index (χ2v) is 4.06. The Hall–Kier alpha value is -1.20. The van der Waals surface area contributed by atoms with E-state index in [-0.39, 0.29) is 6.42 Å². The van der Waals surface area contributed by atoms with E-state index in [0.29, 0.717) is 6.42 Å². The summed E-state index contributed by atoms with van der Waals surface area (Å²) < 4.78 is 0. The van der Waals surface area contributed by atoms with Gasteiger partial charge in [0.15, 0.2) is 0 Å². The van der Waals surface area contributed by atoms with E-state index in [2.05, 4.69) is 0 Å². The number of nitro groups is 1. The lowest BCUT2D eigenvalue weighted by molar-refractivity contribution is -0.578. The van der Waals surface area contributed by atoms with Crippen molar-refractivity contribution < 1.29 is 15.1 Å². The van der Waals surface area contributed by atoms with E-state index in [1.165, 1.54) is 0 Å². The fraction of sp³-hybridized carbons (Fsp3) is 0.636. The van der Waals surface area contributed by atoms with Gasteiger partial charge in [-0.25, -0.2) is 0 Å². The number of allylic oxidation sites excluding steroid dienone is 4. The Bertz CT molecular complexity index is 305. The smallest absolute Gasteiger partial charge is 0.267 e. The minimum atomic E-state index is -1.61. The lowest BCUT2D eigenvalue weighted by Crippen LogP contribution is -2.45. The molecule has 90 valence electrons. The number of rotatable bonds is 6. The summed E-state index contributed by atoms with van der Waals surface area (Å²) in [6.07, 6.45) is 8.64. The molecule has 0 aliphatic heterocycles. The number of aliphatic hydroxyl groups is 2. The highest BCUT2D eigenvalue weighted by Crippen LogP contribution is 2.22. The third-order valence-electron chi connectivity index (χ3n) is 2.93. The van der Waals surface area contributed by atoms with Crippen LogP contribution in [0.25, 0.3) is 0 Å². The van der Waals surface area contributed by atoms with E-state index in [4.69, 9.17) is 10.2 Å². The summed E-state index contributed by atoms with van der Waals surface area (Å²) in [7, 11) is 0. The molecule has 1 aliphatic rings. The quantitative estimate of drug-likeness (QED) is 0.524. The van der Waals surface area contributed by atoms with Crippen molar-refractivity contribution in [2.75, 3.05) is 13.2 Å². The predicted molar refractivity (Wildman–Crippen MR) is 59.6 cm³/mol. The summed E-state index contributed by atoms with van der Waals surface area (Å²) in [5.41, 5.74) is -0.564. The van der Waals surface area contributed by atoms with Crippen LogP contribution in [0, 0.1) is 10.1 Å². The van der Waals surface area contributed by atoms with Crippen LogP contribution < -0.4 is 0 Å². The lowest BCUT2D eigenvalue weighted by Gasteiger charge is -2.21. The summed E-state index contributed by atoms with van der Waals surface area (Å²) in [5.74, 6) is 0. The average molecular weight is 227 g/mol. The SMILES string of the molecule is O=[N+]([O-])C(CO)(CO)CCC1=CCCC=C1. The monoisotopic (exact) mass is 227 g/mol. The molecule has 1 aliphatic carbocycles. The zero-order chi connectivity index (χ0) is 12.0. The predicted octanol–water partition coefficient (Wildman–Crippen LogP) is 1.04. The molecule has 0 unspecified atom stereocenters. The third-order valence-corrected chi connectivity index (χ3v) is 2.93. The molecule has 0 atom stereocenters. The van der Waals surface area contributed by atoms with Gasteiger partial charge in [-0.1, -0.05) is 23.8 Å². The van der Waals surface area contributed by atoms with Gasteiger partial charge in [0, 0.05) is 11.3 Å². The Kier molecular flexibility index (Phi) is 4.64. The highest BCUT2D eigenvalue weighted by Gasteiger charge is 2.41. The molecule has 0 heterocycles. The second kappa shape index (κ2) is 5.77. The topological polar surface area (TPSA) is 83.6 Å². The number of hydrogen-bond acceptors (Lipinski definition) is 4. The van der Waals surface area contributed by atoms with E-state index in [9.17, 15) is 10.1 Å². The zero-order valence-electron chi connectivity index (χ0n) is 9.13. The molecule has 5 nitrogen and oxygen atoms in total. The summed E-state index contributed by atoms with van der Waals surface area (Å²) >= 11 is 0. The fourth-order valence-corrected chi connectivity index (χ4v) is 1.64. The van der Waals surface area contributed by atoms with Crippen LogP contribution in [0.5, 0.6) is 0 Å². The first-order valence-electron chi connectivity index (χ1n) is 5.36. The first-order valence-corrected chi connectivity index (χ1v) is 5.36. The normalized spacial score (nSPS) is 16.0. The first kappa shape index (κ1) is 12.9. The Balaban J connectivity index is 2.59. The van der Waals surface area contributed by atoms with Crippen molar-refractivity contribution in [3.05, 3.63) is 33.9 Å². The van der Waals surface area contributed by atoms with Crippen molar-refractivity contribution in [1.29, 1.82) is 0 Å². The summed E-state index contributed by atoms with van der Waals surface area (Å²) in [5, 5.41) is 28.9. The molecule has 0 saturated carbocycles. The van der Waals surface area contributed by atoms with Crippen LogP contribution in [-0.2, 0) is 0 Å². The van der Waals surface area contributed by atoms with Gasteiger partial charge in [0.2, 0.25) is 0 Å². The van der Waals surface area contributed by atoms with Crippen molar-refractivity contribution in [2.45, 2.75) is 31.2 Å². The van der Waals surface area contributed by atoms with Gasteiger partial charge in [-0.2, -0.15) is 0 Å². The van der Waals surface area contributed by atoms with Crippen LogP contribution in [0.3, 0.4) is 0 Å². The maximum atomic E-state index is 10.8. The average Bonchev–Trinajstić information content (AvgIpc) is 2.32. The molecule has 0 amide bonds. The number of aliphatic hydroxyl groups excluding tert-OH is 2. The third kappa shape index (κ3) is 2.90. The molecule has 0 saturated heterocycles. The van der Waals surface area contributed by atoms with Crippen LogP contribution in [0.1, 0.15) is 25.7 Å². The van der Waals surface area contributed by atoms with Gasteiger partial charge in [-0.05, 0) is 19.3 Å². The molecule has 0 aromatic carbocycles. The molecule has 0 aromatic heterocycles. The molecule has 16 heavy (non-hydrogen) atoms. The summed E-state index contributed by atoms with van der Waals surface area (Å²) in [4.78, 5) is 10.2. The minimum Gasteiger partial charge on any atom is -0.389 e. The van der Waals surface area contributed by atoms with E-state index >= 15 is 0 Å². The molecule has 0 radical (unpaired) electrons. The van der Waals surface area contributed by atoms with Crippen LogP contribution in [0.15, 0.2) is 23.8 Å². The Morgan fingerprint density at radius 1 is 1.38 bits per heavy atom. The van der Waals surface area contributed by atoms with Crippen LogP contribution in [0.2, 0.25) is 0 Å². The first-order chi connectivity index (χ1) is 7.64. The van der Waals surface area contributed by atoms with Crippen LogP contribution in [0.4, 0.5) is 0 Å². The Morgan fingerprint density at radius 2 is 2.06 bits per heavy atom. The van der Waals surface area contributed by atoms with Crippen molar-refractivity contribution in [3.8, 4) is 0 Å². The lowest BCUT2D eigenvalue weighted by atomic mass is 9.92. The van der Waals surface area contributed by atoms with Gasteiger partial charge in [0.25, 0.3) is 5.54 Å². The van der Waals surface area contributed by atoms with Crippen molar-refractivity contribution in [3.63, 3.8) is 0 Å². The van der Waals surface area contributed by atoms with Gasteiger partial charge in [0.1, 0.15) is 13.2 Å². The maximum absolute atomic E-state index is 10.8. The van der Waals surface area contributed by atoms with Gasteiger partial charge in [-0.15, -0.1) is 0 Å². The highest BCUT2D eigenvalue weighted by molar-refractivity contribution is 5.22. The molecule has 2 N–H and O–H groups in total. The number of nitrogens with zero attached hydrogens (tertiary/aromatic N) is 1. The molecule has 0 spiro atoms. The summed E-state index contributed by atoms with van der Waals surface area (Å²) in [6.45, 7) is -1.26. The van der Waals surface area contributed by atoms with Gasteiger partial charge in [0.05, 0.1) is 0 Å². The molecule has 5 heteroatoms. The van der Waals surface area contributed by atoms with E-state index in [1.807, 2.05) is 18.2 Å². The largest absolute Gasteiger partial charge is 0.389 e. The van der Waals surface area contributed by atoms with Crippen LogP contribution >= 0.6 is 0 Å². The van der Waals surface area contributed by atoms with E-state index in [1.54, 1.807) is 0 Å². The molecule has 0 aromatic rings. The zero-order valence-corrected chi connectivity index (χ0v) is 9.13. The maximum Gasteiger partial charge on any atom is 0.267 e. The second-order valence-electron chi connectivity index (χ2n) is 4.06. The number of hydrogen-bond donors (Lipinski definition) is 2. The van der Waals surface area contributed by atoms with E-state index in [0.717, 1.165) is 18.4 Å². The molecule has 1 rings (SSSR count). The van der Waals surface area contributed by atoms with Crippen molar-refractivity contribution in [1.82, 2.24) is 0 Å². The standard InChI is InChI=1S/C11H17NO4/c13-8-11(9-14,12(15)16)7-6-10-4-2-1-3-5-10/h2,4-5,13-14H,1,3,6-9H2. The van der Waals surface area contributed by atoms with Gasteiger partial charge < -0.3 is 10.2 Å². The van der Waals surface area contributed by atoms with Gasteiger partial charge in [-0.3, -0.25) is 10.1 Å². The molecular weight excluding hydrogens is 210 g/mol. The Morgan fingerprint density at radius 3 is 2.50 bits per heavy atom. The Labute approximate surface area is 94.2 Å².